The summed E-state index contributed by atoms with van der Waals surface area (Å²) in [6.45, 7) is 16.2. The van der Waals surface area contributed by atoms with Crippen molar-refractivity contribution in [3.8, 4) is 11.5 Å². The summed E-state index contributed by atoms with van der Waals surface area (Å²) in [5.74, 6) is 2.24. The predicted molar refractivity (Wildman–Crippen MR) is 337 cm³/mol. The number of hydrogen-bond acceptors (Lipinski definition) is 2. The van der Waals surface area contributed by atoms with Gasteiger partial charge in [0.05, 0.1) is 5.56 Å². The third-order valence-electron chi connectivity index (χ3n) is 18.5. The van der Waals surface area contributed by atoms with Gasteiger partial charge in [0, 0.05) is 5.56 Å². The molecule has 6 heteroatoms. The molecule has 0 bridgehead atoms. The third kappa shape index (κ3) is 9.82. The van der Waals surface area contributed by atoms with Crippen LogP contribution in [0.1, 0.15) is 132 Å². The Bertz CT molecular complexity index is 3170. The Balaban J connectivity index is 0.960. The van der Waals surface area contributed by atoms with Crippen LogP contribution in [-0.4, -0.2) is 66.8 Å². The van der Waals surface area contributed by atoms with Gasteiger partial charge in [-0.25, -0.2) is 0 Å². The van der Waals surface area contributed by atoms with Crippen LogP contribution in [0.3, 0.4) is 0 Å². The summed E-state index contributed by atoms with van der Waals surface area (Å²) < 4.78 is 29.5. The molecule has 0 aromatic heterocycles. The van der Waals surface area contributed by atoms with E-state index in [0.717, 1.165) is 50.0 Å². The number of hydrogen-bond donors (Lipinski definition) is 0. The zero-order valence-corrected chi connectivity index (χ0v) is 52.0. The second-order valence-corrected chi connectivity index (χ2v) is 42.4. The maximum absolute atomic E-state index is 7.65. The van der Waals surface area contributed by atoms with Crippen LogP contribution in [0.15, 0.2) is 206 Å². The van der Waals surface area contributed by atoms with Gasteiger partial charge in [-0.2, -0.15) is 0 Å². The van der Waals surface area contributed by atoms with Gasteiger partial charge >= 0.3 is 393 Å². The molecule has 3 atom stereocenters. The number of fused-ring (bicyclic) bond motifs is 5. The zero-order valence-electron chi connectivity index (χ0n) is 47.8. The average molecular weight is 1170 g/mol. The van der Waals surface area contributed by atoms with Crippen molar-refractivity contribution >= 4 is 65.6 Å². The molecule has 0 amide bonds. The topological polar surface area (TPSA) is 24.5 Å². The van der Waals surface area contributed by atoms with Gasteiger partial charge in [0.2, 0.25) is 0 Å². The molecule has 0 radical (unpaired) electrons. The van der Waals surface area contributed by atoms with Crippen LogP contribution < -0.4 is 35.6 Å². The number of benzene rings is 8. The number of aryl methyl sites for hydroxylation is 1. The summed E-state index contributed by atoms with van der Waals surface area (Å²) in [6, 6.07) is 78.8. The Morgan fingerprint density at radius 1 is 0.468 bits per heavy atom. The minimum atomic E-state index is -3.22. The Morgan fingerprint density at radius 3 is 1.20 bits per heavy atom. The van der Waals surface area contributed by atoms with Crippen molar-refractivity contribution < 1.29 is 18.6 Å². The Kier molecular flexibility index (Phi) is 14.7. The van der Waals surface area contributed by atoms with Crippen LogP contribution in [0.4, 0.5) is 0 Å². The van der Waals surface area contributed by atoms with Crippen molar-refractivity contribution in [2.75, 3.05) is 0 Å². The molecule has 1 saturated carbocycles. The van der Waals surface area contributed by atoms with E-state index >= 15 is 0 Å². The quantitative estimate of drug-likeness (QED) is 0.0755. The molecule has 2 fully saturated rings. The maximum atomic E-state index is 7.65. The summed E-state index contributed by atoms with van der Waals surface area (Å²) in [6.07, 6.45) is 14.0. The molecule has 3 heterocycles. The summed E-state index contributed by atoms with van der Waals surface area (Å²) in [5.41, 5.74) is 7.40. The van der Waals surface area contributed by atoms with Crippen LogP contribution in [0.5, 0.6) is 11.5 Å². The first-order valence-electron chi connectivity index (χ1n) is 29.6. The van der Waals surface area contributed by atoms with Crippen molar-refractivity contribution in [2.24, 2.45) is 0 Å². The van der Waals surface area contributed by atoms with Crippen molar-refractivity contribution in [2.45, 2.75) is 145 Å². The van der Waals surface area contributed by atoms with E-state index in [1.807, 2.05) is 0 Å². The van der Waals surface area contributed by atoms with Gasteiger partial charge in [-0.05, 0) is 28.9 Å². The molecule has 1 aliphatic carbocycles. The molecule has 79 heavy (non-hydrogen) atoms. The van der Waals surface area contributed by atoms with E-state index in [9.17, 15) is 0 Å². The molecule has 12 rings (SSSR count). The zero-order chi connectivity index (χ0) is 54.4. The monoisotopic (exact) mass is 1170 g/mol. The molecule has 4 aliphatic rings. The van der Waals surface area contributed by atoms with Gasteiger partial charge in [-0.15, -0.1) is 0 Å². The van der Waals surface area contributed by atoms with E-state index < -0.39 is 33.1 Å². The molecule has 8 aromatic carbocycles. The SMILES string of the molecule is Cc1cc(C(CCC[AsH](c2ccccc2)(c2ccccc2)c2ccccc2)CCC[AsH](c2ccccc2)(c2ccccc2)c2ccccc2)cc2c1OC13Oc4c(cc(C(C)(C)C)cc4C(C)(C)C)C=[N+]1C1CCCCC1[N+]3=C2. The number of ether oxygens (including phenoxy) is 2. The Labute approximate surface area is 477 Å². The fraction of sp³-hybridized carbons (Fsp3) is 0.315. The van der Waals surface area contributed by atoms with Gasteiger partial charge < -0.3 is 0 Å². The van der Waals surface area contributed by atoms with Crippen molar-refractivity contribution in [3.63, 3.8) is 0 Å². The second-order valence-electron chi connectivity index (χ2n) is 25.4. The van der Waals surface area contributed by atoms with Gasteiger partial charge in [-0.1, -0.05) is 47.6 Å². The van der Waals surface area contributed by atoms with Gasteiger partial charge in [0.15, 0.2) is 0 Å². The molecule has 3 aliphatic heterocycles. The number of rotatable bonds is 15. The standard InChI is InChI=1S/C73H82As2N2O2/c1-54-48-56(49-57-52-76-67-44-26-27-45-68(67)77-53-58-50-59(71(2,3)4)51-66(72(5,6)7)70(58)79-73(76,77)78-69(54)57)55(30-28-46-74(60-32-14-8-15-33-60,61-34-16-9-17-35-61)62-36-18-10-19-37-62)31-29-47-75(63-38-20-11-21-39-63,64-40-22-12-23-41-64)65-42-24-13-25-43-65/h8-25,32-43,48-53,55,67-68,74-75H,26-31,44-47H2,1-7H3/q+2. The Hall–Kier alpha value is -6.18. The average Bonchev–Trinajstić information content (AvgIpc) is 3.38. The van der Waals surface area contributed by atoms with Gasteiger partial charge in [-0.3, -0.25) is 0 Å². The molecule has 0 N–H and O–H groups in total. The van der Waals surface area contributed by atoms with E-state index in [4.69, 9.17) is 9.47 Å². The predicted octanol–water partition coefficient (Wildman–Crippen LogP) is 12.3. The second kappa shape index (κ2) is 21.7. The normalized spacial score (nSPS) is 19.4. The summed E-state index contributed by atoms with van der Waals surface area (Å²) in [7, 11) is 0. The van der Waals surface area contributed by atoms with E-state index in [0.29, 0.717) is 5.92 Å². The summed E-state index contributed by atoms with van der Waals surface area (Å²) in [5, 5.41) is 2.34. The molecule has 1 saturated heterocycles. The van der Waals surface area contributed by atoms with Crippen LogP contribution in [0, 0.1) is 6.92 Å². The van der Waals surface area contributed by atoms with Crippen LogP contribution in [-0.2, 0) is 10.8 Å². The Morgan fingerprint density at radius 2 is 0.835 bits per heavy atom. The van der Waals surface area contributed by atoms with Crippen LogP contribution in [0.25, 0.3) is 0 Å². The first-order valence-corrected chi connectivity index (χ1v) is 38.9. The molecule has 8 aromatic rings. The van der Waals surface area contributed by atoms with Gasteiger partial charge in [0.25, 0.3) is 0 Å². The molecular formula is C73H82As2N2O2+2. The summed E-state index contributed by atoms with van der Waals surface area (Å²) >= 11 is -6.44. The van der Waals surface area contributed by atoms with Crippen molar-refractivity contribution in [1.82, 2.24) is 0 Å². The fourth-order valence-corrected chi connectivity index (χ4v) is 35.0. The first kappa shape index (κ1) is 53.5. The summed E-state index contributed by atoms with van der Waals surface area (Å²) in [4.78, 5) is 0. The van der Waals surface area contributed by atoms with E-state index in [2.05, 4.69) is 276 Å². The third-order valence-corrected chi connectivity index (χ3v) is 39.7. The van der Waals surface area contributed by atoms with Crippen molar-refractivity contribution in [3.05, 3.63) is 240 Å². The number of nitrogens with zero attached hydrogens (tertiary/aromatic N) is 2. The van der Waals surface area contributed by atoms with Crippen molar-refractivity contribution in [1.29, 1.82) is 0 Å². The first-order chi connectivity index (χ1) is 38.3. The van der Waals surface area contributed by atoms with E-state index in [1.165, 1.54) is 82.7 Å². The van der Waals surface area contributed by atoms with Gasteiger partial charge in [0.1, 0.15) is 0 Å². The molecule has 404 valence electrons. The molecule has 3 unspecified atom stereocenters. The van der Waals surface area contributed by atoms with Crippen LogP contribution in [0.2, 0.25) is 10.4 Å². The molecular weight excluding hydrogens is 1090 g/mol. The fourth-order valence-electron chi connectivity index (χ4n) is 14.5. The van der Waals surface area contributed by atoms with Crippen LogP contribution >= 0.6 is 0 Å². The molecule has 1 spiro atoms. The van der Waals surface area contributed by atoms with E-state index in [-0.39, 0.29) is 22.9 Å². The molecule has 4 nitrogen and oxygen atoms in total. The minimum absolute atomic E-state index is 0.00198. The van der Waals surface area contributed by atoms with E-state index in [1.54, 1.807) is 0 Å².